The van der Waals surface area contributed by atoms with E-state index in [1.54, 1.807) is 6.07 Å². The molecule has 0 saturated carbocycles. The molecule has 1 N–H and O–H groups in total. The maximum Gasteiger partial charge on any atom is 0.291 e. The van der Waals surface area contributed by atoms with Crippen molar-refractivity contribution >= 4 is 11.6 Å². The summed E-state index contributed by atoms with van der Waals surface area (Å²) in [4.78, 5) is 12.3. The number of carbonyl (C=O) groups excluding carboxylic acids is 1. The molecule has 3 rings (SSSR count). The third-order valence-electron chi connectivity index (χ3n) is 3.96. The molecule has 8 heteroatoms. The molecule has 1 amide bonds. The number of benzene rings is 2. The van der Waals surface area contributed by atoms with Crippen LogP contribution in [0.2, 0.25) is 0 Å². The summed E-state index contributed by atoms with van der Waals surface area (Å²) < 4.78 is 63.6. The lowest BCUT2D eigenvalue weighted by atomic mass is 10.1. The van der Waals surface area contributed by atoms with Crippen LogP contribution in [0.15, 0.2) is 40.8 Å². The molecule has 0 spiro atoms. The van der Waals surface area contributed by atoms with Gasteiger partial charge in [0, 0.05) is 11.8 Å². The Labute approximate surface area is 157 Å². The number of halogens is 4. The van der Waals surface area contributed by atoms with Gasteiger partial charge in [0.15, 0.2) is 23.1 Å². The molecule has 0 aliphatic heterocycles. The van der Waals surface area contributed by atoms with E-state index in [0.717, 1.165) is 11.1 Å². The van der Waals surface area contributed by atoms with E-state index in [1.165, 1.54) is 12.1 Å². The van der Waals surface area contributed by atoms with Gasteiger partial charge in [-0.05, 0) is 43.2 Å². The highest BCUT2D eigenvalue weighted by atomic mass is 19.2. The largest absolute Gasteiger partial charge is 0.479 e. The smallest absolute Gasteiger partial charge is 0.291 e. The molecule has 28 heavy (non-hydrogen) atoms. The molecule has 3 aromatic rings. The summed E-state index contributed by atoms with van der Waals surface area (Å²) in [6.45, 7) is 3.18. The van der Waals surface area contributed by atoms with Crippen LogP contribution < -0.4 is 10.1 Å². The highest BCUT2D eigenvalue weighted by molar-refractivity contribution is 6.02. The molecular weight excluding hydrogens is 378 g/mol. The Balaban J connectivity index is 1.71. The zero-order valence-corrected chi connectivity index (χ0v) is 14.9. The molecule has 1 heterocycles. The number of carbonyl (C=O) groups is 1. The summed E-state index contributed by atoms with van der Waals surface area (Å²) in [6, 6.07) is 8.33. The summed E-state index contributed by atoms with van der Waals surface area (Å²) in [7, 11) is 0. The fourth-order valence-corrected chi connectivity index (χ4v) is 2.45. The third-order valence-corrected chi connectivity index (χ3v) is 3.96. The van der Waals surface area contributed by atoms with Crippen molar-refractivity contribution in [1.29, 1.82) is 0 Å². The number of hydrogen-bond donors (Lipinski definition) is 1. The molecule has 0 unspecified atom stereocenters. The Hall–Kier alpha value is -3.29. The highest BCUT2D eigenvalue weighted by Gasteiger charge is 2.21. The van der Waals surface area contributed by atoms with E-state index in [4.69, 9.17) is 9.15 Å². The topological polar surface area (TPSA) is 51.5 Å². The molecule has 1 aromatic heterocycles. The van der Waals surface area contributed by atoms with Crippen LogP contribution in [0.4, 0.5) is 23.2 Å². The first-order valence-electron chi connectivity index (χ1n) is 8.19. The van der Waals surface area contributed by atoms with Gasteiger partial charge in [-0.3, -0.25) is 4.79 Å². The Morgan fingerprint density at radius 2 is 1.68 bits per heavy atom. The lowest BCUT2D eigenvalue weighted by Crippen LogP contribution is -2.12. The van der Waals surface area contributed by atoms with Crippen LogP contribution in [0.3, 0.4) is 0 Å². The first-order valence-corrected chi connectivity index (χ1v) is 8.19. The number of hydrogen-bond acceptors (Lipinski definition) is 3. The summed E-state index contributed by atoms with van der Waals surface area (Å²) in [5.41, 5.74) is 2.42. The second-order valence-electron chi connectivity index (χ2n) is 6.12. The minimum absolute atomic E-state index is 0.0367. The number of amides is 1. The van der Waals surface area contributed by atoms with Gasteiger partial charge in [-0.1, -0.05) is 12.1 Å². The van der Waals surface area contributed by atoms with Gasteiger partial charge in [-0.15, -0.1) is 0 Å². The van der Waals surface area contributed by atoms with Crippen molar-refractivity contribution < 1.29 is 31.5 Å². The van der Waals surface area contributed by atoms with Crippen LogP contribution in [0.1, 0.15) is 27.4 Å². The second-order valence-corrected chi connectivity index (χ2v) is 6.12. The Bertz CT molecular complexity index is 1020. The van der Waals surface area contributed by atoms with Crippen molar-refractivity contribution in [2.24, 2.45) is 0 Å². The van der Waals surface area contributed by atoms with Crippen LogP contribution in [0, 0.1) is 37.1 Å². The lowest BCUT2D eigenvalue weighted by Gasteiger charge is -2.09. The van der Waals surface area contributed by atoms with E-state index < -0.39 is 41.5 Å². The van der Waals surface area contributed by atoms with Crippen LogP contribution in [-0.4, -0.2) is 5.91 Å². The average molecular weight is 393 g/mol. The average Bonchev–Trinajstić information content (AvgIpc) is 3.12. The minimum atomic E-state index is -1.65. The second kappa shape index (κ2) is 7.75. The SMILES string of the molecule is Cc1ccc(C)c(NC(=O)c2ccc(COc3c(F)c(F)cc(F)c3F)o2)c1. The summed E-state index contributed by atoms with van der Waals surface area (Å²) in [5, 5.41) is 2.69. The third kappa shape index (κ3) is 4.00. The van der Waals surface area contributed by atoms with Crippen LogP contribution in [0.25, 0.3) is 0 Å². The van der Waals surface area contributed by atoms with Crippen molar-refractivity contribution in [3.63, 3.8) is 0 Å². The minimum Gasteiger partial charge on any atom is -0.479 e. The molecule has 0 atom stereocenters. The Morgan fingerprint density at radius 3 is 2.36 bits per heavy atom. The normalized spacial score (nSPS) is 10.8. The van der Waals surface area contributed by atoms with Gasteiger partial charge >= 0.3 is 0 Å². The van der Waals surface area contributed by atoms with Crippen molar-refractivity contribution in [3.05, 3.63) is 82.3 Å². The molecular formula is C20H15F4NO3. The molecule has 0 fully saturated rings. The zero-order chi connectivity index (χ0) is 20.4. The Kier molecular flexibility index (Phi) is 5.39. The van der Waals surface area contributed by atoms with Gasteiger partial charge in [0.1, 0.15) is 12.4 Å². The summed E-state index contributed by atoms with van der Waals surface area (Å²) in [5.74, 6) is -8.23. The molecule has 2 aromatic carbocycles. The maximum atomic E-state index is 13.6. The number of nitrogens with one attached hydrogen (secondary N) is 1. The number of ether oxygens (including phenoxy) is 1. The highest BCUT2D eigenvalue weighted by Crippen LogP contribution is 2.27. The first kappa shape index (κ1) is 19.5. The number of aryl methyl sites for hydroxylation is 2. The lowest BCUT2D eigenvalue weighted by molar-refractivity contribution is 0.0992. The quantitative estimate of drug-likeness (QED) is 0.474. The number of furan rings is 1. The number of anilines is 1. The maximum absolute atomic E-state index is 13.6. The predicted octanol–water partition coefficient (Wildman–Crippen LogP) is 5.28. The molecule has 0 radical (unpaired) electrons. The first-order chi connectivity index (χ1) is 13.3. The van der Waals surface area contributed by atoms with Gasteiger partial charge in [-0.25, -0.2) is 8.78 Å². The fourth-order valence-electron chi connectivity index (χ4n) is 2.45. The van der Waals surface area contributed by atoms with E-state index in [9.17, 15) is 22.4 Å². The van der Waals surface area contributed by atoms with Crippen LogP contribution >= 0.6 is 0 Å². The predicted molar refractivity (Wildman–Crippen MR) is 93.2 cm³/mol. The monoisotopic (exact) mass is 393 g/mol. The molecule has 0 aliphatic carbocycles. The molecule has 146 valence electrons. The van der Waals surface area contributed by atoms with E-state index in [2.05, 4.69) is 5.32 Å². The van der Waals surface area contributed by atoms with Gasteiger partial charge in [0.05, 0.1) is 0 Å². The van der Waals surface area contributed by atoms with Gasteiger partial charge < -0.3 is 14.5 Å². The van der Waals surface area contributed by atoms with Crippen molar-refractivity contribution in [3.8, 4) is 5.75 Å². The van der Waals surface area contributed by atoms with E-state index in [1.807, 2.05) is 26.0 Å². The van der Waals surface area contributed by atoms with E-state index in [0.29, 0.717) is 5.69 Å². The molecule has 4 nitrogen and oxygen atoms in total. The summed E-state index contributed by atoms with van der Waals surface area (Å²) in [6.07, 6.45) is 0. The van der Waals surface area contributed by atoms with Crippen molar-refractivity contribution in [2.75, 3.05) is 5.32 Å². The standard InChI is InChI=1S/C20H15F4NO3/c1-10-3-4-11(2)15(7-10)25-20(26)16-6-5-12(28-16)9-27-19-17(23)13(21)8-14(22)18(19)24/h3-8H,9H2,1-2H3,(H,25,26). The number of rotatable bonds is 5. The Morgan fingerprint density at radius 1 is 1.00 bits per heavy atom. The molecule has 0 aliphatic rings. The molecule has 0 saturated heterocycles. The van der Waals surface area contributed by atoms with Gasteiger partial charge in [0.2, 0.25) is 11.6 Å². The van der Waals surface area contributed by atoms with Crippen molar-refractivity contribution in [1.82, 2.24) is 0 Å². The van der Waals surface area contributed by atoms with E-state index in [-0.39, 0.29) is 17.6 Å². The zero-order valence-electron chi connectivity index (χ0n) is 14.9. The summed E-state index contributed by atoms with van der Waals surface area (Å²) >= 11 is 0. The van der Waals surface area contributed by atoms with Crippen LogP contribution in [0.5, 0.6) is 5.75 Å². The van der Waals surface area contributed by atoms with Crippen LogP contribution in [-0.2, 0) is 6.61 Å². The van der Waals surface area contributed by atoms with Gasteiger partial charge in [-0.2, -0.15) is 8.78 Å². The van der Waals surface area contributed by atoms with E-state index >= 15 is 0 Å². The van der Waals surface area contributed by atoms with Gasteiger partial charge in [0.25, 0.3) is 5.91 Å². The van der Waals surface area contributed by atoms with Crippen molar-refractivity contribution in [2.45, 2.75) is 20.5 Å². The molecule has 0 bridgehead atoms. The fraction of sp³-hybridized carbons (Fsp3) is 0.150.